The standard InChI is InChI=1S/C9H16N4O/c1-6-4-3-5-8(7(6)2)13-9(14)10-11-12-13/h6-8H,3-5H2,1-2H3,(H,10,12,14). The molecule has 0 radical (unpaired) electrons. The Labute approximate surface area is 82.5 Å². The second-order valence-electron chi connectivity index (χ2n) is 4.29. The van der Waals surface area contributed by atoms with Gasteiger partial charge < -0.3 is 0 Å². The molecule has 1 heterocycles. The van der Waals surface area contributed by atoms with E-state index < -0.39 is 0 Å². The maximum absolute atomic E-state index is 11.4. The van der Waals surface area contributed by atoms with Gasteiger partial charge in [0.05, 0.1) is 6.04 Å². The predicted molar refractivity (Wildman–Crippen MR) is 51.9 cm³/mol. The molecule has 3 unspecified atom stereocenters. The molecule has 3 atom stereocenters. The van der Waals surface area contributed by atoms with Crippen molar-refractivity contribution in [2.45, 2.75) is 39.2 Å². The first-order valence-electron chi connectivity index (χ1n) is 5.20. The number of hydrogen-bond donors (Lipinski definition) is 1. The summed E-state index contributed by atoms with van der Waals surface area (Å²) in [5.41, 5.74) is -0.184. The number of nitrogens with one attached hydrogen (secondary N) is 1. The molecule has 0 saturated heterocycles. The van der Waals surface area contributed by atoms with Crippen molar-refractivity contribution in [2.75, 3.05) is 0 Å². The van der Waals surface area contributed by atoms with Gasteiger partial charge >= 0.3 is 5.69 Å². The Balaban J connectivity index is 2.26. The van der Waals surface area contributed by atoms with Crippen molar-refractivity contribution in [3.63, 3.8) is 0 Å². The summed E-state index contributed by atoms with van der Waals surface area (Å²) in [7, 11) is 0. The maximum Gasteiger partial charge on any atom is 0.361 e. The average Bonchev–Trinajstić information content (AvgIpc) is 2.57. The summed E-state index contributed by atoms with van der Waals surface area (Å²) in [6.07, 6.45) is 3.47. The fourth-order valence-corrected chi connectivity index (χ4v) is 2.32. The molecule has 78 valence electrons. The molecule has 0 aliphatic heterocycles. The Morgan fingerprint density at radius 2 is 2.21 bits per heavy atom. The molecule has 1 aliphatic carbocycles. The smallest absolute Gasteiger partial charge is 0.245 e. The molecule has 5 heteroatoms. The monoisotopic (exact) mass is 196 g/mol. The van der Waals surface area contributed by atoms with Crippen LogP contribution in [0.4, 0.5) is 0 Å². The van der Waals surface area contributed by atoms with E-state index in [0.29, 0.717) is 11.8 Å². The molecule has 1 aromatic heterocycles. The SMILES string of the molecule is CC1CCCC(n2nn[nH]c2=O)C1C. The fourth-order valence-electron chi connectivity index (χ4n) is 2.32. The highest BCUT2D eigenvalue weighted by molar-refractivity contribution is 4.80. The van der Waals surface area contributed by atoms with Crippen LogP contribution in [0.2, 0.25) is 0 Å². The van der Waals surface area contributed by atoms with E-state index in [1.54, 1.807) is 0 Å². The summed E-state index contributed by atoms with van der Waals surface area (Å²) in [5.74, 6) is 1.17. The van der Waals surface area contributed by atoms with E-state index in [-0.39, 0.29) is 11.7 Å². The lowest BCUT2D eigenvalue weighted by atomic mass is 9.78. The minimum Gasteiger partial charge on any atom is -0.245 e. The summed E-state index contributed by atoms with van der Waals surface area (Å²) in [5, 5.41) is 9.70. The highest BCUT2D eigenvalue weighted by Crippen LogP contribution is 2.36. The predicted octanol–water partition coefficient (Wildman–Crippen LogP) is 0.964. The third kappa shape index (κ3) is 1.47. The van der Waals surface area contributed by atoms with Gasteiger partial charge in [0.2, 0.25) is 0 Å². The summed E-state index contributed by atoms with van der Waals surface area (Å²) in [6.45, 7) is 4.43. The molecule has 2 rings (SSSR count). The Morgan fingerprint density at radius 3 is 2.86 bits per heavy atom. The van der Waals surface area contributed by atoms with E-state index in [9.17, 15) is 4.79 Å². The molecule has 14 heavy (non-hydrogen) atoms. The van der Waals surface area contributed by atoms with Crippen LogP contribution in [0.1, 0.15) is 39.2 Å². The Hall–Kier alpha value is -1.13. The van der Waals surface area contributed by atoms with E-state index in [1.165, 1.54) is 17.5 Å². The van der Waals surface area contributed by atoms with Gasteiger partial charge in [-0.2, -0.15) is 4.68 Å². The zero-order valence-corrected chi connectivity index (χ0v) is 8.60. The van der Waals surface area contributed by atoms with Crippen molar-refractivity contribution in [2.24, 2.45) is 11.8 Å². The fraction of sp³-hybridized carbons (Fsp3) is 0.889. The molecule has 0 bridgehead atoms. The minimum atomic E-state index is -0.184. The topological polar surface area (TPSA) is 63.6 Å². The number of aromatic amines is 1. The van der Waals surface area contributed by atoms with Gasteiger partial charge in [-0.3, -0.25) is 0 Å². The van der Waals surface area contributed by atoms with E-state index in [2.05, 4.69) is 29.4 Å². The van der Waals surface area contributed by atoms with Gasteiger partial charge in [0, 0.05) is 0 Å². The second-order valence-corrected chi connectivity index (χ2v) is 4.29. The van der Waals surface area contributed by atoms with E-state index in [4.69, 9.17) is 0 Å². The normalized spacial score (nSPS) is 33.1. The molecular weight excluding hydrogens is 180 g/mol. The highest BCUT2D eigenvalue weighted by Gasteiger charge is 2.30. The van der Waals surface area contributed by atoms with Crippen LogP contribution in [0, 0.1) is 11.8 Å². The summed E-state index contributed by atoms with van der Waals surface area (Å²) in [6, 6.07) is 0.227. The lowest BCUT2D eigenvalue weighted by Gasteiger charge is -2.32. The van der Waals surface area contributed by atoms with E-state index in [1.807, 2.05) is 0 Å². The Bertz CT molecular complexity index is 356. The largest absolute Gasteiger partial charge is 0.361 e. The Kier molecular flexibility index (Phi) is 2.39. The van der Waals surface area contributed by atoms with Crippen molar-refractivity contribution >= 4 is 0 Å². The number of aromatic nitrogens is 4. The molecule has 5 nitrogen and oxygen atoms in total. The van der Waals surface area contributed by atoms with Gasteiger partial charge in [-0.25, -0.2) is 9.89 Å². The first kappa shape index (κ1) is 9.43. The van der Waals surface area contributed by atoms with Crippen LogP contribution >= 0.6 is 0 Å². The van der Waals surface area contributed by atoms with Crippen LogP contribution < -0.4 is 5.69 Å². The molecular formula is C9H16N4O. The number of H-pyrrole nitrogens is 1. The maximum atomic E-state index is 11.4. The van der Waals surface area contributed by atoms with Crippen molar-refractivity contribution in [3.05, 3.63) is 10.5 Å². The molecule has 0 aromatic carbocycles. The first-order valence-corrected chi connectivity index (χ1v) is 5.20. The molecule has 1 aromatic rings. The second kappa shape index (κ2) is 3.55. The van der Waals surface area contributed by atoms with E-state index >= 15 is 0 Å². The lowest BCUT2D eigenvalue weighted by molar-refractivity contribution is 0.169. The lowest BCUT2D eigenvalue weighted by Crippen LogP contribution is -2.33. The minimum absolute atomic E-state index is 0.184. The van der Waals surface area contributed by atoms with Crippen LogP contribution in [-0.4, -0.2) is 20.2 Å². The van der Waals surface area contributed by atoms with Gasteiger partial charge in [0.25, 0.3) is 0 Å². The molecule has 0 spiro atoms. The van der Waals surface area contributed by atoms with Crippen LogP contribution in [0.5, 0.6) is 0 Å². The van der Waals surface area contributed by atoms with Crippen molar-refractivity contribution in [3.8, 4) is 0 Å². The van der Waals surface area contributed by atoms with Gasteiger partial charge in [-0.1, -0.05) is 26.7 Å². The number of hydrogen-bond acceptors (Lipinski definition) is 3. The number of nitrogens with zero attached hydrogens (tertiary/aromatic N) is 3. The van der Waals surface area contributed by atoms with Crippen LogP contribution in [0.25, 0.3) is 0 Å². The summed E-state index contributed by atoms with van der Waals surface area (Å²) < 4.78 is 1.50. The summed E-state index contributed by atoms with van der Waals surface area (Å²) in [4.78, 5) is 11.4. The quantitative estimate of drug-likeness (QED) is 0.727. The van der Waals surface area contributed by atoms with Gasteiger partial charge in [0.1, 0.15) is 0 Å². The zero-order chi connectivity index (χ0) is 10.1. The van der Waals surface area contributed by atoms with Gasteiger partial charge in [-0.15, -0.1) is 0 Å². The molecule has 0 amide bonds. The molecule has 1 N–H and O–H groups in total. The van der Waals surface area contributed by atoms with Crippen LogP contribution in [0.3, 0.4) is 0 Å². The zero-order valence-electron chi connectivity index (χ0n) is 8.60. The third-order valence-electron chi connectivity index (χ3n) is 3.47. The number of tetrazole rings is 1. The third-order valence-corrected chi connectivity index (χ3v) is 3.47. The van der Waals surface area contributed by atoms with Crippen LogP contribution in [-0.2, 0) is 0 Å². The highest BCUT2D eigenvalue weighted by atomic mass is 16.2. The molecule has 1 saturated carbocycles. The van der Waals surface area contributed by atoms with Crippen LogP contribution in [0.15, 0.2) is 4.79 Å². The summed E-state index contributed by atoms with van der Waals surface area (Å²) >= 11 is 0. The van der Waals surface area contributed by atoms with Crippen molar-refractivity contribution in [1.82, 2.24) is 20.2 Å². The number of rotatable bonds is 1. The van der Waals surface area contributed by atoms with Crippen molar-refractivity contribution in [1.29, 1.82) is 0 Å². The van der Waals surface area contributed by atoms with E-state index in [0.717, 1.165) is 6.42 Å². The van der Waals surface area contributed by atoms with Crippen molar-refractivity contribution < 1.29 is 0 Å². The molecule has 1 fully saturated rings. The van der Waals surface area contributed by atoms with Gasteiger partial charge in [-0.05, 0) is 28.7 Å². The first-order chi connectivity index (χ1) is 6.70. The molecule has 1 aliphatic rings. The Morgan fingerprint density at radius 1 is 1.43 bits per heavy atom. The average molecular weight is 196 g/mol. The van der Waals surface area contributed by atoms with Gasteiger partial charge in [0.15, 0.2) is 0 Å².